The van der Waals surface area contributed by atoms with Crippen LogP contribution in [0.4, 0.5) is 5.69 Å². The minimum Gasteiger partial charge on any atom is -0.465 e. The summed E-state index contributed by atoms with van der Waals surface area (Å²) < 4.78 is 4.70. The van der Waals surface area contributed by atoms with Crippen LogP contribution < -0.4 is 10.6 Å². The number of hydrogen-bond acceptors (Lipinski definition) is 3. The fourth-order valence-electron chi connectivity index (χ4n) is 2.16. The Morgan fingerprint density at radius 1 is 1.13 bits per heavy atom. The molecule has 2 rings (SSSR count). The molecular formula is C18H20N2O2S. The number of esters is 1. The Balaban J connectivity index is 1.75. The van der Waals surface area contributed by atoms with Gasteiger partial charge in [-0.15, -0.1) is 0 Å². The molecule has 0 aliphatic heterocycles. The first kappa shape index (κ1) is 17.0. The summed E-state index contributed by atoms with van der Waals surface area (Å²) in [5, 5.41) is 6.78. The number of carbonyl (C=O) groups is 1. The van der Waals surface area contributed by atoms with Gasteiger partial charge in [-0.3, -0.25) is 0 Å². The Kier molecular flexibility index (Phi) is 6.56. The van der Waals surface area contributed by atoms with Crippen LogP contribution in [0.25, 0.3) is 0 Å². The van der Waals surface area contributed by atoms with Crippen LogP contribution >= 0.6 is 12.2 Å². The van der Waals surface area contributed by atoms with E-state index in [0.717, 1.165) is 25.1 Å². The molecule has 4 nitrogen and oxygen atoms in total. The molecule has 0 aromatic heterocycles. The molecule has 0 unspecified atom stereocenters. The van der Waals surface area contributed by atoms with Gasteiger partial charge < -0.3 is 15.4 Å². The van der Waals surface area contributed by atoms with E-state index in [-0.39, 0.29) is 5.97 Å². The number of ether oxygens (including phenoxy) is 1. The smallest absolute Gasteiger partial charge is 0.337 e. The molecule has 23 heavy (non-hydrogen) atoms. The standard InChI is InChI=1S/C18H20N2O2S/c1-22-17(21)15-10-5-11-16(13-15)20-18(23)19-12-6-9-14-7-3-2-4-8-14/h2-5,7-8,10-11,13H,6,9,12H2,1H3,(H2,19,20,23). The molecule has 120 valence electrons. The summed E-state index contributed by atoms with van der Waals surface area (Å²) in [7, 11) is 1.36. The third-order valence-corrected chi connectivity index (χ3v) is 3.56. The summed E-state index contributed by atoms with van der Waals surface area (Å²) in [5.74, 6) is -0.365. The molecule has 2 aromatic carbocycles. The van der Waals surface area contributed by atoms with E-state index in [9.17, 15) is 4.79 Å². The van der Waals surface area contributed by atoms with E-state index in [1.807, 2.05) is 24.3 Å². The highest BCUT2D eigenvalue weighted by Gasteiger charge is 2.06. The SMILES string of the molecule is COC(=O)c1cccc(NC(=S)NCCCc2ccccc2)c1. The van der Waals surface area contributed by atoms with Crippen molar-refractivity contribution in [2.75, 3.05) is 19.0 Å². The third-order valence-electron chi connectivity index (χ3n) is 3.31. The van der Waals surface area contributed by atoms with Crippen LogP contribution in [0.15, 0.2) is 54.6 Å². The Morgan fingerprint density at radius 3 is 2.65 bits per heavy atom. The van der Waals surface area contributed by atoms with Crippen LogP contribution in [0, 0.1) is 0 Å². The highest BCUT2D eigenvalue weighted by molar-refractivity contribution is 7.80. The maximum atomic E-state index is 11.5. The van der Waals surface area contributed by atoms with Crippen molar-refractivity contribution in [1.82, 2.24) is 5.32 Å². The number of anilines is 1. The molecular weight excluding hydrogens is 308 g/mol. The molecule has 5 heteroatoms. The monoisotopic (exact) mass is 328 g/mol. The minimum atomic E-state index is -0.365. The average Bonchev–Trinajstić information content (AvgIpc) is 2.59. The normalized spacial score (nSPS) is 9.96. The molecule has 0 aliphatic carbocycles. The van der Waals surface area contributed by atoms with Gasteiger partial charge in [-0.25, -0.2) is 4.79 Å². The van der Waals surface area contributed by atoms with Crippen LogP contribution in [0.3, 0.4) is 0 Å². The lowest BCUT2D eigenvalue weighted by Gasteiger charge is -2.11. The second-order valence-corrected chi connectivity index (χ2v) is 5.45. The van der Waals surface area contributed by atoms with Crippen LogP contribution in [0.5, 0.6) is 0 Å². The zero-order valence-corrected chi connectivity index (χ0v) is 13.9. The van der Waals surface area contributed by atoms with E-state index in [1.165, 1.54) is 12.7 Å². The van der Waals surface area contributed by atoms with Gasteiger partial charge in [0.25, 0.3) is 0 Å². The molecule has 0 aliphatic rings. The molecule has 0 heterocycles. The number of hydrogen-bond donors (Lipinski definition) is 2. The first-order valence-corrected chi connectivity index (χ1v) is 7.87. The fourth-order valence-corrected chi connectivity index (χ4v) is 2.38. The lowest BCUT2D eigenvalue weighted by Crippen LogP contribution is -2.29. The molecule has 0 saturated carbocycles. The number of benzene rings is 2. The molecule has 0 saturated heterocycles. The Bertz CT molecular complexity index is 659. The molecule has 2 N–H and O–H groups in total. The Morgan fingerprint density at radius 2 is 1.91 bits per heavy atom. The predicted molar refractivity (Wildman–Crippen MR) is 96.8 cm³/mol. The van der Waals surface area contributed by atoms with Crippen LogP contribution in [0.1, 0.15) is 22.3 Å². The second-order valence-electron chi connectivity index (χ2n) is 5.04. The van der Waals surface area contributed by atoms with Gasteiger partial charge >= 0.3 is 5.97 Å². The second kappa shape index (κ2) is 8.90. The van der Waals surface area contributed by atoms with Crippen LogP contribution in [0.2, 0.25) is 0 Å². The first-order valence-electron chi connectivity index (χ1n) is 7.46. The number of carbonyl (C=O) groups excluding carboxylic acids is 1. The average molecular weight is 328 g/mol. The van der Waals surface area contributed by atoms with E-state index in [2.05, 4.69) is 22.8 Å². The van der Waals surface area contributed by atoms with E-state index in [4.69, 9.17) is 17.0 Å². The summed E-state index contributed by atoms with van der Waals surface area (Å²) in [6, 6.07) is 17.4. The minimum absolute atomic E-state index is 0.365. The van der Waals surface area contributed by atoms with Gasteiger partial charge in [0.15, 0.2) is 5.11 Å². The highest BCUT2D eigenvalue weighted by atomic mass is 32.1. The molecule has 0 spiro atoms. The van der Waals surface area contributed by atoms with Gasteiger partial charge in [0.1, 0.15) is 0 Å². The van der Waals surface area contributed by atoms with Crippen molar-refractivity contribution in [2.45, 2.75) is 12.8 Å². The van der Waals surface area contributed by atoms with Crippen molar-refractivity contribution in [3.63, 3.8) is 0 Å². The van der Waals surface area contributed by atoms with Crippen molar-refractivity contribution in [1.29, 1.82) is 0 Å². The summed E-state index contributed by atoms with van der Waals surface area (Å²) in [4.78, 5) is 11.5. The van der Waals surface area contributed by atoms with E-state index in [1.54, 1.807) is 18.2 Å². The number of thiocarbonyl (C=S) groups is 1. The maximum Gasteiger partial charge on any atom is 0.337 e. The summed E-state index contributed by atoms with van der Waals surface area (Å²) in [6.45, 7) is 0.789. The zero-order chi connectivity index (χ0) is 16.5. The maximum absolute atomic E-state index is 11.5. The zero-order valence-electron chi connectivity index (χ0n) is 13.0. The van der Waals surface area contributed by atoms with Gasteiger partial charge in [0.05, 0.1) is 12.7 Å². The van der Waals surface area contributed by atoms with Crippen molar-refractivity contribution < 1.29 is 9.53 Å². The van der Waals surface area contributed by atoms with Crippen LogP contribution in [-0.4, -0.2) is 24.7 Å². The van der Waals surface area contributed by atoms with Gasteiger partial charge in [0, 0.05) is 12.2 Å². The molecule has 0 fully saturated rings. The Labute approximate surface area is 141 Å². The molecule has 0 bridgehead atoms. The first-order chi connectivity index (χ1) is 11.2. The molecule has 0 atom stereocenters. The molecule has 0 amide bonds. The van der Waals surface area contributed by atoms with Crippen molar-refractivity contribution in [3.8, 4) is 0 Å². The topological polar surface area (TPSA) is 50.4 Å². The lowest BCUT2D eigenvalue weighted by atomic mass is 10.1. The molecule has 0 radical (unpaired) electrons. The van der Waals surface area contributed by atoms with Gasteiger partial charge in [0.2, 0.25) is 0 Å². The summed E-state index contributed by atoms with van der Waals surface area (Å²) in [6.07, 6.45) is 2.00. The Hall–Kier alpha value is -2.40. The predicted octanol–water partition coefficient (Wildman–Crippen LogP) is 3.39. The van der Waals surface area contributed by atoms with Crippen molar-refractivity contribution in [3.05, 3.63) is 65.7 Å². The van der Waals surface area contributed by atoms with E-state index >= 15 is 0 Å². The number of rotatable bonds is 6. The number of nitrogens with one attached hydrogen (secondary N) is 2. The van der Waals surface area contributed by atoms with Gasteiger partial charge in [-0.2, -0.15) is 0 Å². The summed E-state index contributed by atoms with van der Waals surface area (Å²) >= 11 is 5.27. The van der Waals surface area contributed by atoms with E-state index in [0.29, 0.717) is 10.7 Å². The number of methoxy groups -OCH3 is 1. The van der Waals surface area contributed by atoms with Crippen molar-refractivity contribution in [2.24, 2.45) is 0 Å². The van der Waals surface area contributed by atoms with Crippen LogP contribution in [-0.2, 0) is 11.2 Å². The van der Waals surface area contributed by atoms with Gasteiger partial charge in [-0.05, 0) is 48.8 Å². The highest BCUT2D eigenvalue weighted by Crippen LogP contribution is 2.11. The fraction of sp³-hybridized carbons (Fsp3) is 0.222. The summed E-state index contributed by atoms with van der Waals surface area (Å²) in [5.41, 5.74) is 2.57. The lowest BCUT2D eigenvalue weighted by molar-refractivity contribution is 0.0601. The van der Waals surface area contributed by atoms with E-state index < -0.39 is 0 Å². The third kappa shape index (κ3) is 5.71. The largest absolute Gasteiger partial charge is 0.465 e. The van der Waals surface area contributed by atoms with Gasteiger partial charge in [-0.1, -0.05) is 36.4 Å². The number of aryl methyl sites for hydroxylation is 1. The molecule has 2 aromatic rings. The van der Waals surface area contributed by atoms with Crippen molar-refractivity contribution >= 4 is 29.0 Å². The quantitative estimate of drug-likeness (QED) is 0.484.